The number of nitrogens with one attached hydrogen (secondary N) is 1. The van der Waals surface area contributed by atoms with Crippen molar-refractivity contribution in [3.05, 3.63) is 53.9 Å². The second kappa shape index (κ2) is 5.63. The molecule has 0 amide bonds. The highest BCUT2D eigenvalue weighted by Gasteiger charge is 2.14. The maximum atomic E-state index is 12.3. The minimum atomic E-state index is -3.55. The van der Waals surface area contributed by atoms with Crippen LogP contribution in [-0.2, 0) is 10.0 Å². The van der Waals surface area contributed by atoms with Crippen LogP contribution in [0.3, 0.4) is 0 Å². The van der Waals surface area contributed by atoms with Gasteiger partial charge in [-0.15, -0.1) is 0 Å². The molecule has 0 aliphatic heterocycles. The number of benzene rings is 1. The first-order chi connectivity index (χ1) is 9.38. The van der Waals surface area contributed by atoms with Gasteiger partial charge in [-0.3, -0.25) is 9.71 Å². The molecule has 0 atom stereocenters. The van der Waals surface area contributed by atoms with Crippen molar-refractivity contribution < 1.29 is 8.42 Å². The van der Waals surface area contributed by atoms with Gasteiger partial charge in [-0.05, 0) is 42.7 Å². The Morgan fingerprint density at radius 1 is 1.10 bits per heavy atom. The molecule has 2 aromatic rings. The van der Waals surface area contributed by atoms with Crippen molar-refractivity contribution in [2.75, 3.05) is 4.72 Å². The van der Waals surface area contributed by atoms with Crippen LogP contribution in [0.15, 0.2) is 47.5 Å². The minimum Gasteiger partial charge on any atom is -0.280 e. The number of hydrogen-bond donors (Lipinski definition) is 1. The van der Waals surface area contributed by atoms with Crippen molar-refractivity contribution in [2.45, 2.75) is 31.6 Å². The molecule has 1 aromatic heterocycles. The first-order valence-corrected chi connectivity index (χ1v) is 7.92. The summed E-state index contributed by atoms with van der Waals surface area (Å²) in [5.74, 6) is 0.377. The van der Waals surface area contributed by atoms with E-state index in [0.717, 1.165) is 11.3 Å². The highest BCUT2D eigenvalue weighted by molar-refractivity contribution is 7.92. The van der Waals surface area contributed by atoms with E-state index in [-0.39, 0.29) is 4.90 Å². The number of anilines is 1. The third-order valence-corrected chi connectivity index (χ3v) is 4.40. The Bertz CT molecular complexity index is 692. The quantitative estimate of drug-likeness (QED) is 0.939. The number of nitrogens with zero attached hydrogens (tertiary/aromatic N) is 1. The molecule has 0 radical (unpaired) electrons. The second-order valence-electron chi connectivity index (χ2n) is 5.02. The van der Waals surface area contributed by atoms with Gasteiger partial charge in [-0.1, -0.05) is 26.0 Å². The van der Waals surface area contributed by atoms with E-state index in [1.54, 1.807) is 30.5 Å². The molecule has 0 aliphatic carbocycles. The van der Waals surface area contributed by atoms with Crippen molar-refractivity contribution >= 4 is 15.7 Å². The van der Waals surface area contributed by atoms with Gasteiger partial charge in [-0.2, -0.15) is 0 Å². The summed E-state index contributed by atoms with van der Waals surface area (Å²) in [7, 11) is -3.55. The number of aromatic nitrogens is 1. The highest BCUT2D eigenvalue weighted by atomic mass is 32.2. The molecular weight excluding hydrogens is 272 g/mol. The topological polar surface area (TPSA) is 59.1 Å². The Morgan fingerprint density at radius 2 is 1.75 bits per heavy atom. The van der Waals surface area contributed by atoms with Crippen molar-refractivity contribution in [2.24, 2.45) is 0 Å². The van der Waals surface area contributed by atoms with Gasteiger partial charge in [-0.25, -0.2) is 8.42 Å². The summed E-state index contributed by atoms with van der Waals surface area (Å²) in [6.07, 6.45) is 1.58. The molecule has 0 unspecified atom stereocenters. The summed E-state index contributed by atoms with van der Waals surface area (Å²) in [5.41, 5.74) is 2.40. The van der Waals surface area contributed by atoms with Crippen molar-refractivity contribution in [3.8, 4) is 0 Å². The lowest BCUT2D eigenvalue weighted by molar-refractivity contribution is 0.601. The van der Waals surface area contributed by atoms with Crippen LogP contribution in [0.1, 0.15) is 31.0 Å². The lowest BCUT2D eigenvalue weighted by Gasteiger charge is -2.10. The van der Waals surface area contributed by atoms with Crippen LogP contribution in [0, 0.1) is 6.92 Å². The summed E-state index contributed by atoms with van der Waals surface area (Å²) in [6, 6.07) is 10.3. The average Bonchev–Trinajstić information content (AvgIpc) is 2.38. The molecule has 5 heteroatoms. The van der Waals surface area contributed by atoms with E-state index >= 15 is 0 Å². The van der Waals surface area contributed by atoms with Crippen molar-refractivity contribution in [3.63, 3.8) is 0 Å². The van der Waals surface area contributed by atoms with Crippen LogP contribution < -0.4 is 4.72 Å². The fraction of sp³-hybridized carbons (Fsp3) is 0.267. The van der Waals surface area contributed by atoms with E-state index in [1.807, 2.05) is 19.1 Å². The average molecular weight is 290 g/mol. The van der Waals surface area contributed by atoms with Gasteiger partial charge in [0.25, 0.3) is 10.0 Å². The summed E-state index contributed by atoms with van der Waals surface area (Å²) in [4.78, 5) is 4.30. The molecule has 0 bridgehead atoms. The summed E-state index contributed by atoms with van der Waals surface area (Å²) in [5, 5.41) is 0. The fourth-order valence-corrected chi connectivity index (χ4v) is 2.90. The number of hydrogen-bond acceptors (Lipinski definition) is 3. The SMILES string of the molecule is Cc1cc(NS(=O)(=O)c2ccc(C(C)C)cc2)ccn1. The fourth-order valence-electron chi connectivity index (χ4n) is 1.86. The van der Waals surface area contributed by atoms with E-state index < -0.39 is 10.0 Å². The molecule has 1 heterocycles. The van der Waals surface area contributed by atoms with E-state index in [2.05, 4.69) is 23.6 Å². The first-order valence-electron chi connectivity index (χ1n) is 6.44. The molecule has 4 nitrogen and oxygen atoms in total. The summed E-state index contributed by atoms with van der Waals surface area (Å²) >= 11 is 0. The smallest absolute Gasteiger partial charge is 0.261 e. The Kier molecular flexibility index (Phi) is 4.09. The van der Waals surface area contributed by atoms with Crippen molar-refractivity contribution in [1.82, 2.24) is 4.98 Å². The standard InChI is InChI=1S/C15H18N2O2S/c1-11(2)13-4-6-15(7-5-13)20(18,19)17-14-8-9-16-12(3)10-14/h4-11H,1-3H3,(H,16,17). The molecule has 0 aliphatic rings. The number of pyridine rings is 1. The first kappa shape index (κ1) is 14.5. The number of aryl methyl sites for hydroxylation is 1. The zero-order valence-corrected chi connectivity index (χ0v) is 12.6. The predicted octanol–water partition coefficient (Wildman–Crippen LogP) is 3.31. The molecule has 20 heavy (non-hydrogen) atoms. The van der Waals surface area contributed by atoms with Gasteiger partial charge in [0.15, 0.2) is 0 Å². The van der Waals surface area contributed by atoms with E-state index in [9.17, 15) is 8.42 Å². The van der Waals surface area contributed by atoms with Gasteiger partial charge in [0.2, 0.25) is 0 Å². The molecular formula is C15H18N2O2S. The maximum Gasteiger partial charge on any atom is 0.261 e. The Hall–Kier alpha value is -1.88. The zero-order valence-electron chi connectivity index (χ0n) is 11.8. The summed E-state index contributed by atoms with van der Waals surface area (Å²) < 4.78 is 27.1. The Labute approximate surface area is 119 Å². The lowest BCUT2D eigenvalue weighted by atomic mass is 10.0. The van der Waals surface area contributed by atoms with Gasteiger partial charge in [0, 0.05) is 11.9 Å². The second-order valence-corrected chi connectivity index (χ2v) is 6.70. The van der Waals surface area contributed by atoms with Crippen LogP contribution in [0.5, 0.6) is 0 Å². The van der Waals surface area contributed by atoms with E-state index in [0.29, 0.717) is 11.6 Å². The largest absolute Gasteiger partial charge is 0.280 e. The van der Waals surface area contributed by atoms with Gasteiger partial charge < -0.3 is 0 Å². The lowest BCUT2D eigenvalue weighted by Crippen LogP contribution is -2.13. The van der Waals surface area contributed by atoms with E-state index in [1.165, 1.54) is 0 Å². The maximum absolute atomic E-state index is 12.3. The van der Waals surface area contributed by atoms with Gasteiger partial charge in [0.1, 0.15) is 0 Å². The molecule has 1 N–H and O–H groups in total. The van der Waals surface area contributed by atoms with Gasteiger partial charge >= 0.3 is 0 Å². The van der Waals surface area contributed by atoms with Crippen molar-refractivity contribution in [1.29, 1.82) is 0 Å². The highest BCUT2D eigenvalue weighted by Crippen LogP contribution is 2.19. The third-order valence-electron chi connectivity index (χ3n) is 3.01. The summed E-state index contributed by atoms with van der Waals surface area (Å²) in [6.45, 7) is 5.96. The molecule has 0 saturated heterocycles. The Morgan fingerprint density at radius 3 is 2.30 bits per heavy atom. The number of rotatable bonds is 4. The monoisotopic (exact) mass is 290 g/mol. The van der Waals surface area contributed by atoms with Crippen LogP contribution in [0.25, 0.3) is 0 Å². The Balaban J connectivity index is 2.26. The predicted molar refractivity (Wildman–Crippen MR) is 80.3 cm³/mol. The minimum absolute atomic E-state index is 0.261. The normalized spacial score (nSPS) is 11.6. The van der Waals surface area contributed by atoms with E-state index in [4.69, 9.17) is 0 Å². The molecule has 0 fully saturated rings. The van der Waals surface area contributed by atoms with Crippen LogP contribution in [-0.4, -0.2) is 13.4 Å². The molecule has 0 saturated carbocycles. The van der Waals surface area contributed by atoms with Crippen LogP contribution >= 0.6 is 0 Å². The molecule has 0 spiro atoms. The third kappa shape index (κ3) is 3.36. The zero-order chi connectivity index (χ0) is 14.8. The van der Waals surface area contributed by atoms with Gasteiger partial charge in [0.05, 0.1) is 10.6 Å². The molecule has 106 valence electrons. The van der Waals surface area contributed by atoms with Crippen LogP contribution in [0.2, 0.25) is 0 Å². The molecule has 1 aromatic carbocycles. The van der Waals surface area contributed by atoms with Crippen LogP contribution in [0.4, 0.5) is 5.69 Å². The number of sulfonamides is 1. The molecule has 2 rings (SSSR count).